The van der Waals surface area contributed by atoms with Gasteiger partial charge >= 0.3 is 0 Å². The smallest absolute Gasteiger partial charge is 0.161 e. The van der Waals surface area contributed by atoms with Crippen molar-refractivity contribution in [2.75, 3.05) is 0 Å². The van der Waals surface area contributed by atoms with Crippen LogP contribution in [0.15, 0.2) is 18.3 Å². The van der Waals surface area contributed by atoms with Gasteiger partial charge in [0.15, 0.2) is 5.65 Å². The number of aromatic nitrogens is 3. The predicted octanol–water partition coefficient (Wildman–Crippen LogP) is 1.03. The van der Waals surface area contributed by atoms with E-state index in [1.807, 2.05) is 29.7 Å². The molecule has 0 aromatic carbocycles. The monoisotopic (exact) mass is 189 g/mol. The van der Waals surface area contributed by atoms with Crippen LogP contribution in [0.1, 0.15) is 18.3 Å². The van der Waals surface area contributed by atoms with E-state index in [0.29, 0.717) is 6.42 Å². The summed E-state index contributed by atoms with van der Waals surface area (Å²) in [5, 5.41) is 8.07. The van der Waals surface area contributed by atoms with Crippen molar-refractivity contribution in [3.8, 4) is 0 Å². The van der Waals surface area contributed by atoms with Crippen molar-refractivity contribution in [1.29, 1.82) is 0 Å². The van der Waals surface area contributed by atoms with Crippen LogP contribution in [0.2, 0.25) is 0 Å². The van der Waals surface area contributed by atoms with Gasteiger partial charge in [-0.15, -0.1) is 10.2 Å². The molecule has 0 aliphatic heterocycles. The summed E-state index contributed by atoms with van der Waals surface area (Å²) in [5.74, 6) is 0.942. The zero-order valence-electron chi connectivity index (χ0n) is 7.97. The van der Waals surface area contributed by atoms with Gasteiger partial charge < -0.3 is 4.79 Å². The number of nitrogens with zero attached hydrogens (tertiary/aromatic N) is 3. The van der Waals surface area contributed by atoms with Crippen LogP contribution in [0.25, 0.3) is 5.65 Å². The highest BCUT2D eigenvalue weighted by Gasteiger charge is 2.03. The molecule has 0 amide bonds. The molecule has 0 bridgehead atoms. The third kappa shape index (κ3) is 1.39. The molecule has 0 spiro atoms. The number of aldehydes is 1. The first kappa shape index (κ1) is 8.87. The Kier molecular flexibility index (Phi) is 2.26. The van der Waals surface area contributed by atoms with Crippen LogP contribution in [0.3, 0.4) is 0 Å². The molecule has 0 radical (unpaired) electrons. The molecule has 0 aliphatic carbocycles. The summed E-state index contributed by atoms with van der Waals surface area (Å²) in [6.07, 6.45) is 4.09. The molecular weight excluding hydrogens is 178 g/mol. The van der Waals surface area contributed by atoms with Gasteiger partial charge in [-0.1, -0.05) is 6.92 Å². The quantitative estimate of drug-likeness (QED) is 0.677. The van der Waals surface area contributed by atoms with Gasteiger partial charge in [-0.25, -0.2) is 0 Å². The van der Waals surface area contributed by atoms with Crippen LogP contribution in [0, 0.1) is 0 Å². The Balaban J connectivity index is 2.51. The zero-order chi connectivity index (χ0) is 9.97. The van der Waals surface area contributed by atoms with Crippen molar-refractivity contribution >= 4 is 11.9 Å². The standard InChI is InChI=1S/C10H11N3O/c1-2-9-11-12-10-7-8(4-6-14)3-5-13(9)10/h3,5-7H,2,4H2,1H3. The minimum Gasteiger partial charge on any atom is -0.303 e. The average molecular weight is 189 g/mol. The number of fused-ring (bicyclic) bond motifs is 1. The lowest BCUT2D eigenvalue weighted by molar-refractivity contribution is -0.107. The number of carbonyl (C=O) groups is 1. The molecule has 14 heavy (non-hydrogen) atoms. The Morgan fingerprint density at radius 3 is 3.07 bits per heavy atom. The minimum atomic E-state index is 0.435. The minimum absolute atomic E-state index is 0.435. The molecule has 2 rings (SSSR count). The second-order valence-corrected chi connectivity index (χ2v) is 3.10. The summed E-state index contributed by atoms with van der Waals surface area (Å²) in [7, 11) is 0. The molecule has 2 heterocycles. The fourth-order valence-electron chi connectivity index (χ4n) is 1.45. The van der Waals surface area contributed by atoms with Crippen molar-refractivity contribution in [2.45, 2.75) is 19.8 Å². The first-order valence-electron chi connectivity index (χ1n) is 4.61. The van der Waals surface area contributed by atoms with Crippen molar-refractivity contribution in [2.24, 2.45) is 0 Å². The van der Waals surface area contributed by atoms with Gasteiger partial charge in [0.25, 0.3) is 0 Å². The summed E-state index contributed by atoms with van der Waals surface area (Å²) in [6.45, 7) is 2.04. The number of aryl methyl sites for hydroxylation is 1. The van der Waals surface area contributed by atoms with Gasteiger partial charge in [-0.05, 0) is 17.7 Å². The lowest BCUT2D eigenvalue weighted by atomic mass is 10.2. The maximum Gasteiger partial charge on any atom is 0.161 e. The molecule has 0 saturated carbocycles. The number of hydrogen-bond acceptors (Lipinski definition) is 3. The van der Waals surface area contributed by atoms with E-state index in [9.17, 15) is 4.79 Å². The SMILES string of the molecule is CCc1nnc2cc(CC=O)ccn12. The number of carbonyl (C=O) groups excluding carboxylic acids is 1. The third-order valence-electron chi connectivity index (χ3n) is 2.18. The van der Waals surface area contributed by atoms with Crippen molar-refractivity contribution < 1.29 is 4.79 Å². The Hall–Kier alpha value is -1.71. The van der Waals surface area contributed by atoms with Crippen molar-refractivity contribution in [1.82, 2.24) is 14.6 Å². The summed E-state index contributed by atoms with van der Waals surface area (Å²) >= 11 is 0. The highest BCUT2D eigenvalue weighted by Crippen LogP contribution is 2.07. The van der Waals surface area contributed by atoms with Crippen LogP contribution >= 0.6 is 0 Å². The maximum atomic E-state index is 10.3. The fraction of sp³-hybridized carbons (Fsp3) is 0.300. The zero-order valence-corrected chi connectivity index (χ0v) is 7.97. The van der Waals surface area contributed by atoms with Gasteiger partial charge in [0.2, 0.25) is 0 Å². The molecule has 4 heteroatoms. The Morgan fingerprint density at radius 2 is 2.36 bits per heavy atom. The normalized spacial score (nSPS) is 10.6. The van der Waals surface area contributed by atoms with E-state index >= 15 is 0 Å². The first-order valence-corrected chi connectivity index (χ1v) is 4.61. The second-order valence-electron chi connectivity index (χ2n) is 3.10. The predicted molar refractivity (Wildman–Crippen MR) is 52.1 cm³/mol. The molecule has 0 unspecified atom stereocenters. The van der Waals surface area contributed by atoms with Gasteiger partial charge in [-0.3, -0.25) is 4.40 Å². The lowest BCUT2D eigenvalue weighted by Crippen LogP contribution is -1.93. The summed E-state index contributed by atoms with van der Waals surface area (Å²) in [6, 6.07) is 3.81. The van der Waals surface area contributed by atoms with E-state index in [-0.39, 0.29) is 0 Å². The van der Waals surface area contributed by atoms with E-state index in [2.05, 4.69) is 10.2 Å². The van der Waals surface area contributed by atoms with E-state index in [1.165, 1.54) is 0 Å². The summed E-state index contributed by atoms with van der Waals surface area (Å²) in [5.41, 5.74) is 1.78. The molecule has 72 valence electrons. The van der Waals surface area contributed by atoms with Crippen LogP contribution < -0.4 is 0 Å². The Bertz CT molecular complexity index is 461. The first-order chi connectivity index (χ1) is 6.85. The van der Waals surface area contributed by atoms with E-state index in [0.717, 1.165) is 29.7 Å². The topological polar surface area (TPSA) is 47.3 Å². The molecule has 0 aliphatic rings. The average Bonchev–Trinajstić information content (AvgIpc) is 2.60. The van der Waals surface area contributed by atoms with Gasteiger partial charge in [0.1, 0.15) is 12.1 Å². The van der Waals surface area contributed by atoms with Crippen LogP contribution in [0.5, 0.6) is 0 Å². The highest BCUT2D eigenvalue weighted by molar-refractivity contribution is 5.56. The Morgan fingerprint density at radius 1 is 1.50 bits per heavy atom. The molecule has 2 aromatic rings. The fourth-order valence-corrected chi connectivity index (χ4v) is 1.45. The molecule has 4 nitrogen and oxygen atoms in total. The third-order valence-corrected chi connectivity index (χ3v) is 2.18. The van der Waals surface area contributed by atoms with E-state index in [4.69, 9.17) is 0 Å². The van der Waals surface area contributed by atoms with Gasteiger partial charge in [-0.2, -0.15) is 0 Å². The lowest BCUT2D eigenvalue weighted by Gasteiger charge is -1.98. The van der Waals surface area contributed by atoms with Crippen molar-refractivity contribution in [3.05, 3.63) is 29.7 Å². The van der Waals surface area contributed by atoms with Crippen molar-refractivity contribution in [3.63, 3.8) is 0 Å². The Labute approximate surface area is 81.6 Å². The largest absolute Gasteiger partial charge is 0.303 e. The summed E-state index contributed by atoms with van der Waals surface area (Å²) < 4.78 is 1.94. The molecule has 2 aromatic heterocycles. The molecule has 0 saturated heterocycles. The molecular formula is C10H11N3O. The van der Waals surface area contributed by atoms with Crippen LogP contribution in [0.4, 0.5) is 0 Å². The highest BCUT2D eigenvalue weighted by atomic mass is 16.1. The van der Waals surface area contributed by atoms with Crippen LogP contribution in [-0.2, 0) is 17.6 Å². The van der Waals surface area contributed by atoms with E-state index in [1.54, 1.807) is 0 Å². The van der Waals surface area contributed by atoms with Gasteiger partial charge in [0.05, 0.1) is 0 Å². The molecule has 0 N–H and O–H groups in total. The number of hydrogen-bond donors (Lipinski definition) is 0. The van der Waals surface area contributed by atoms with Crippen LogP contribution in [-0.4, -0.2) is 20.9 Å². The number of pyridine rings is 1. The van der Waals surface area contributed by atoms with E-state index < -0.39 is 0 Å². The number of rotatable bonds is 3. The molecule has 0 atom stereocenters. The van der Waals surface area contributed by atoms with Gasteiger partial charge in [0, 0.05) is 19.0 Å². The summed E-state index contributed by atoms with van der Waals surface area (Å²) in [4.78, 5) is 10.3. The molecule has 0 fully saturated rings. The second kappa shape index (κ2) is 3.57. The maximum absolute atomic E-state index is 10.3.